The van der Waals surface area contributed by atoms with Crippen molar-refractivity contribution in [3.8, 4) is 5.75 Å². The molecule has 26 heavy (non-hydrogen) atoms. The Balaban J connectivity index is 1.44. The lowest BCUT2D eigenvalue weighted by atomic mass is 10.1. The highest BCUT2D eigenvalue weighted by Gasteiger charge is 2.21. The smallest absolute Gasteiger partial charge is 0.146 e. The summed E-state index contributed by atoms with van der Waals surface area (Å²) in [6.45, 7) is 8.07. The van der Waals surface area contributed by atoms with E-state index in [9.17, 15) is 9.50 Å². The molecule has 1 fully saturated rings. The highest BCUT2D eigenvalue weighted by molar-refractivity contribution is 5.48. The van der Waals surface area contributed by atoms with Crippen LogP contribution in [0.5, 0.6) is 5.75 Å². The second kappa shape index (κ2) is 8.52. The third-order valence-corrected chi connectivity index (χ3v) is 4.96. The van der Waals surface area contributed by atoms with Gasteiger partial charge in [0, 0.05) is 32.7 Å². The molecule has 1 N–H and O–H groups in total. The number of rotatable bonds is 6. The van der Waals surface area contributed by atoms with E-state index in [4.69, 9.17) is 4.74 Å². The number of piperazine rings is 1. The van der Waals surface area contributed by atoms with Gasteiger partial charge in [-0.3, -0.25) is 4.90 Å². The zero-order chi connectivity index (χ0) is 18.5. The minimum atomic E-state index is -0.545. The third-order valence-electron chi connectivity index (χ3n) is 4.96. The normalized spacial score (nSPS) is 16.5. The van der Waals surface area contributed by atoms with E-state index in [0.29, 0.717) is 12.2 Å². The number of halogens is 1. The molecule has 0 saturated carbocycles. The topological polar surface area (TPSA) is 35.9 Å². The van der Waals surface area contributed by atoms with Gasteiger partial charge >= 0.3 is 0 Å². The summed E-state index contributed by atoms with van der Waals surface area (Å²) in [4.78, 5) is 4.26. The van der Waals surface area contributed by atoms with Gasteiger partial charge in [0.05, 0.1) is 5.69 Å². The number of anilines is 1. The molecule has 0 aliphatic carbocycles. The van der Waals surface area contributed by atoms with Crippen LogP contribution in [0.1, 0.15) is 11.1 Å². The van der Waals surface area contributed by atoms with Crippen LogP contribution in [0.3, 0.4) is 0 Å². The lowest BCUT2D eigenvalue weighted by Crippen LogP contribution is -2.49. The number of para-hydroxylation sites is 1. The Labute approximate surface area is 154 Å². The second-order valence-corrected chi connectivity index (χ2v) is 6.95. The van der Waals surface area contributed by atoms with E-state index < -0.39 is 6.10 Å². The van der Waals surface area contributed by atoms with Crippen molar-refractivity contribution < 1.29 is 14.2 Å². The maximum absolute atomic E-state index is 13.9. The number of β-amino-alcohol motifs (C(OH)–C–C–N with tert-alkyl or cyclic N) is 1. The Morgan fingerprint density at radius 2 is 1.77 bits per heavy atom. The maximum atomic E-state index is 13.9. The SMILES string of the molecule is Cc1ccc(OC[C@H](O)CN2CCN(c3ccccc3F)CC2)cc1C. The first kappa shape index (κ1) is 18.7. The molecule has 0 bridgehead atoms. The first-order valence-corrected chi connectivity index (χ1v) is 9.13. The van der Waals surface area contributed by atoms with Crippen molar-refractivity contribution in [2.75, 3.05) is 44.2 Å². The number of aryl methyl sites for hydroxylation is 2. The van der Waals surface area contributed by atoms with Crippen LogP contribution in [0.15, 0.2) is 42.5 Å². The summed E-state index contributed by atoms with van der Waals surface area (Å²) >= 11 is 0. The van der Waals surface area contributed by atoms with Crippen molar-refractivity contribution in [3.05, 3.63) is 59.4 Å². The molecule has 5 heteroatoms. The lowest BCUT2D eigenvalue weighted by Gasteiger charge is -2.36. The fourth-order valence-electron chi connectivity index (χ4n) is 3.23. The van der Waals surface area contributed by atoms with Crippen LogP contribution in [0, 0.1) is 19.7 Å². The van der Waals surface area contributed by atoms with Crippen molar-refractivity contribution in [1.82, 2.24) is 4.90 Å². The van der Waals surface area contributed by atoms with Crippen molar-refractivity contribution in [2.24, 2.45) is 0 Å². The molecule has 1 atom stereocenters. The Bertz CT molecular complexity index is 730. The van der Waals surface area contributed by atoms with E-state index in [1.54, 1.807) is 6.07 Å². The minimum Gasteiger partial charge on any atom is -0.491 e. The molecule has 2 aromatic rings. The van der Waals surface area contributed by atoms with Crippen LogP contribution < -0.4 is 9.64 Å². The highest BCUT2D eigenvalue weighted by Crippen LogP contribution is 2.20. The van der Waals surface area contributed by atoms with Crippen LogP contribution >= 0.6 is 0 Å². The summed E-state index contributed by atoms with van der Waals surface area (Å²) < 4.78 is 19.6. The molecular formula is C21H27FN2O2. The standard InChI is InChI=1S/C21H27FN2O2/c1-16-7-8-19(13-17(16)2)26-15-18(25)14-23-9-11-24(12-10-23)21-6-4-3-5-20(21)22/h3-8,13,18,25H,9-12,14-15H2,1-2H3/t18-/m1/s1. The van der Waals surface area contributed by atoms with Gasteiger partial charge in [0.1, 0.15) is 24.3 Å². The predicted molar refractivity (Wildman–Crippen MR) is 102 cm³/mol. The Kier molecular flexibility index (Phi) is 6.12. The summed E-state index contributed by atoms with van der Waals surface area (Å²) in [5.74, 6) is 0.610. The molecule has 1 heterocycles. The fraction of sp³-hybridized carbons (Fsp3) is 0.429. The minimum absolute atomic E-state index is 0.178. The summed E-state index contributed by atoms with van der Waals surface area (Å²) in [5, 5.41) is 10.3. The van der Waals surface area contributed by atoms with Gasteiger partial charge < -0.3 is 14.7 Å². The number of aliphatic hydroxyl groups excluding tert-OH is 1. The van der Waals surface area contributed by atoms with E-state index in [0.717, 1.165) is 31.9 Å². The molecule has 2 aromatic carbocycles. The zero-order valence-electron chi connectivity index (χ0n) is 15.5. The molecule has 1 saturated heterocycles. The molecule has 3 rings (SSSR count). The van der Waals surface area contributed by atoms with E-state index in [-0.39, 0.29) is 12.4 Å². The largest absolute Gasteiger partial charge is 0.491 e. The lowest BCUT2D eigenvalue weighted by molar-refractivity contribution is 0.0662. The molecule has 1 aliphatic rings. The quantitative estimate of drug-likeness (QED) is 0.861. The van der Waals surface area contributed by atoms with Crippen molar-refractivity contribution in [1.29, 1.82) is 0 Å². The van der Waals surface area contributed by atoms with Gasteiger partial charge in [-0.05, 0) is 49.2 Å². The van der Waals surface area contributed by atoms with Gasteiger partial charge in [-0.25, -0.2) is 4.39 Å². The average Bonchev–Trinajstić information content (AvgIpc) is 2.64. The molecule has 0 unspecified atom stereocenters. The van der Waals surface area contributed by atoms with Gasteiger partial charge in [0.25, 0.3) is 0 Å². The van der Waals surface area contributed by atoms with Crippen LogP contribution in [-0.2, 0) is 0 Å². The van der Waals surface area contributed by atoms with Gasteiger partial charge in [-0.15, -0.1) is 0 Å². The molecule has 0 radical (unpaired) electrons. The van der Waals surface area contributed by atoms with E-state index in [1.165, 1.54) is 17.2 Å². The summed E-state index contributed by atoms with van der Waals surface area (Å²) in [6.07, 6.45) is -0.545. The maximum Gasteiger partial charge on any atom is 0.146 e. The van der Waals surface area contributed by atoms with Crippen LogP contribution in [0.2, 0.25) is 0 Å². The first-order chi connectivity index (χ1) is 12.5. The third kappa shape index (κ3) is 4.74. The predicted octanol–water partition coefficient (Wildman–Crippen LogP) is 3.00. The molecule has 4 nitrogen and oxygen atoms in total. The van der Waals surface area contributed by atoms with Crippen LogP contribution in [-0.4, -0.2) is 55.4 Å². The summed E-state index contributed by atoms with van der Waals surface area (Å²) in [6, 6.07) is 12.8. The Morgan fingerprint density at radius 3 is 2.46 bits per heavy atom. The van der Waals surface area contributed by atoms with Crippen LogP contribution in [0.4, 0.5) is 10.1 Å². The Morgan fingerprint density at radius 1 is 1.04 bits per heavy atom. The van der Waals surface area contributed by atoms with E-state index in [2.05, 4.69) is 16.7 Å². The highest BCUT2D eigenvalue weighted by atomic mass is 19.1. The average molecular weight is 358 g/mol. The first-order valence-electron chi connectivity index (χ1n) is 9.13. The van der Waals surface area contributed by atoms with E-state index >= 15 is 0 Å². The summed E-state index contributed by atoms with van der Waals surface area (Å²) in [7, 11) is 0. The Hall–Kier alpha value is -2.11. The second-order valence-electron chi connectivity index (χ2n) is 6.95. The van der Waals surface area contributed by atoms with E-state index in [1.807, 2.05) is 37.3 Å². The monoisotopic (exact) mass is 358 g/mol. The van der Waals surface area contributed by atoms with Crippen LogP contribution in [0.25, 0.3) is 0 Å². The molecule has 140 valence electrons. The van der Waals surface area contributed by atoms with Gasteiger partial charge in [-0.2, -0.15) is 0 Å². The zero-order valence-corrected chi connectivity index (χ0v) is 15.5. The van der Waals surface area contributed by atoms with Crippen molar-refractivity contribution in [2.45, 2.75) is 20.0 Å². The molecule has 0 spiro atoms. The fourth-order valence-corrected chi connectivity index (χ4v) is 3.23. The van der Waals surface area contributed by atoms with Gasteiger partial charge in [0.2, 0.25) is 0 Å². The van der Waals surface area contributed by atoms with Crippen molar-refractivity contribution >= 4 is 5.69 Å². The molecule has 0 amide bonds. The number of aliphatic hydroxyl groups is 1. The van der Waals surface area contributed by atoms with Gasteiger partial charge in [0.15, 0.2) is 0 Å². The number of nitrogens with zero attached hydrogens (tertiary/aromatic N) is 2. The summed E-state index contributed by atoms with van der Waals surface area (Å²) in [5.41, 5.74) is 3.07. The molecule has 1 aliphatic heterocycles. The van der Waals surface area contributed by atoms with Gasteiger partial charge in [-0.1, -0.05) is 18.2 Å². The number of hydrogen-bond acceptors (Lipinski definition) is 4. The molecular weight excluding hydrogens is 331 g/mol. The number of hydrogen-bond donors (Lipinski definition) is 1. The number of benzene rings is 2. The molecule has 0 aromatic heterocycles. The number of ether oxygens (including phenoxy) is 1. The van der Waals surface area contributed by atoms with Crippen molar-refractivity contribution in [3.63, 3.8) is 0 Å².